The first-order chi connectivity index (χ1) is 10.3. The number of hydrogen-bond donors (Lipinski definition) is 1. The molecule has 0 saturated heterocycles. The van der Waals surface area contributed by atoms with E-state index in [2.05, 4.69) is 28.7 Å². The van der Waals surface area contributed by atoms with E-state index in [0.717, 1.165) is 30.0 Å². The van der Waals surface area contributed by atoms with E-state index in [-0.39, 0.29) is 6.04 Å². The zero-order valence-corrected chi connectivity index (χ0v) is 13.2. The van der Waals surface area contributed by atoms with Crippen LogP contribution in [0.3, 0.4) is 0 Å². The summed E-state index contributed by atoms with van der Waals surface area (Å²) < 4.78 is 11.5. The Kier molecular flexibility index (Phi) is 4.41. The number of hydrogen-bond acceptors (Lipinski definition) is 5. The predicted octanol–water partition coefficient (Wildman–Crippen LogP) is 3.33. The monoisotopic (exact) mass is 304 g/mol. The Morgan fingerprint density at radius 1 is 1.48 bits per heavy atom. The highest BCUT2D eigenvalue weighted by atomic mass is 32.1. The van der Waals surface area contributed by atoms with E-state index in [1.165, 1.54) is 10.6 Å². The second-order valence-electron chi connectivity index (χ2n) is 5.12. The van der Waals surface area contributed by atoms with Gasteiger partial charge in [-0.3, -0.25) is 0 Å². The number of fused-ring (bicyclic) bond motifs is 1. The first-order valence-electron chi connectivity index (χ1n) is 7.30. The van der Waals surface area contributed by atoms with E-state index >= 15 is 0 Å². The van der Waals surface area contributed by atoms with Crippen LogP contribution in [-0.4, -0.2) is 18.6 Å². The Morgan fingerprint density at radius 3 is 3.19 bits per heavy atom. The average Bonchev–Trinajstić information content (AvgIpc) is 3.11. The quantitative estimate of drug-likeness (QED) is 0.889. The lowest BCUT2D eigenvalue weighted by atomic mass is 10.1. The van der Waals surface area contributed by atoms with Crippen LogP contribution in [0.4, 0.5) is 0 Å². The Bertz CT molecular complexity index is 612. The van der Waals surface area contributed by atoms with Crippen LogP contribution in [0.25, 0.3) is 0 Å². The predicted molar refractivity (Wildman–Crippen MR) is 84.2 cm³/mol. The molecule has 112 valence electrons. The maximum Gasteiger partial charge on any atom is 0.131 e. The Labute approximate surface area is 129 Å². The van der Waals surface area contributed by atoms with Gasteiger partial charge in [-0.1, -0.05) is 6.92 Å². The van der Waals surface area contributed by atoms with E-state index in [1.807, 2.05) is 19.2 Å². The van der Waals surface area contributed by atoms with Gasteiger partial charge in [0, 0.05) is 17.0 Å². The first-order valence-corrected chi connectivity index (χ1v) is 8.18. The van der Waals surface area contributed by atoms with Crippen LogP contribution in [0.2, 0.25) is 0 Å². The SMILES string of the molecule is CCCc1nc(COc2ccc3c(c2)OCC3NC)cs1. The Balaban J connectivity index is 1.63. The molecule has 4 nitrogen and oxygen atoms in total. The van der Waals surface area contributed by atoms with Crippen LogP contribution in [0, 0.1) is 0 Å². The summed E-state index contributed by atoms with van der Waals surface area (Å²) in [7, 11) is 1.95. The molecule has 0 bridgehead atoms. The van der Waals surface area contributed by atoms with E-state index in [4.69, 9.17) is 9.47 Å². The van der Waals surface area contributed by atoms with Crippen molar-refractivity contribution in [2.45, 2.75) is 32.4 Å². The number of aryl methyl sites for hydroxylation is 1. The van der Waals surface area contributed by atoms with Gasteiger partial charge in [0.2, 0.25) is 0 Å². The summed E-state index contributed by atoms with van der Waals surface area (Å²) in [6, 6.07) is 6.31. The minimum atomic E-state index is 0.282. The minimum absolute atomic E-state index is 0.282. The number of rotatable bonds is 6. The summed E-state index contributed by atoms with van der Waals surface area (Å²) in [6.45, 7) is 3.36. The van der Waals surface area contributed by atoms with Gasteiger partial charge in [0.05, 0.1) is 16.7 Å². The highest BCUT2D eigenvalue weighted by molar-refractivity contribution is 7.09. The Hall–Kier alpha value is -1.59. The third kappa shape index (κ3) is 3.19. The smallest absolute Gasteiger partial charge is 0.131 e. The van der Waals surface area contributed by atoms with E-state index < -0.39 is 0 Å². The molecule has 0 spiro atoms. The molecule has 5 heteroatoms. The number of benzene rings is 1. The second-order valence-corrected chi connectivity index (χ2v) is 6.07. The molecule has 1 N–H and O–H groups in total. The molecule has 3 rings (SSSR count). The lowest BCUT2D eigenvalue weighted by Crippen LogP contribution is -2.17. The van der Waals surface area contributed by atoms with Crippen molar-refractivity contribution in [1.82, 2.24) is 10.3 Å². The normalized spacial score (nSPS) is 16.6. The van der Waals surface area contributed by atoms with Crippen molar-refractivity contribution < 1.29 is 9.47 Å². The highest BCUT2D eigenvalue weighted by Gasteiger charge is 2.22. The minimum Gasteiger partial charge on any atom is -0.491 e. The van der Waals surface area contributed by atoms with E-state index in [1.54, 1.807) is 11.3 Å². The van der Waals surface area contributed by atoms with Crippen LogP contribution in [-0.2, 0) is 13.0 Å². The highest BCUT2D eigenvalue weighted by Crippen LogP contribution is 2.35. The molecule has 1 aliphatic heterocycles. The third-order valence-electron chi connectivity index (χ3n) is 3.56. The zero-order chi connectivity index (χ0) is 14.7. The molecule has 21 heavy (non-hydrogen) atoms. The molecule has 1 aromatic carbocycles. The van der Waals surface area contributed by atoms with Crippen LogP contribution in [0.5, 0.6) is 11.5 Å². The second kappa shape index (κ2) is 6.45. The molecule has 0 radical (unpaired) electrons. The van der Waals surface area contributed by atoms with Gasteiger partial charge in [-0.05, 0) is 32.0 Å². The number of aromatic nitrogens is 1. The summed E-state index contributed by atoms with van der Waals surface area (Å²) in [5.74, 6) is 1.74. The van der Waals surface area contributed by atoms with E-state index in [0.29, 0.717) is 13.2 Å². The maximum absolute atomic E-state index is 5.82. The number of ether oxygens (including phenoxy) is 2. The number of nitrogens with one attached hydrogen (secondary N) is 1. The lowest BCUT2D eigenvalue weighted by molar-refractivity contribution is 0.295. The maximum atomic E-state index is 5.82. The van der Waals surface area contributed by atoms with Crippen molar-refractivity contribution in [1.29, 1.82) is 0 Å². The van der Waals surface area contributed by atoms with Gasteiger partial charge < -0.3 is 14.8 Å². The molecule has 1 aliphatic rings. The molecule has 1 atom stereocenters. The van der Waals surface area contributed by atoms with Crippen LogP contribution >= 0.6 is 11.3 Å². The summed E-state index contributed by atoms with van der Waals surface area (Å²) >= 11 is 1.71. The van der Waals surface area contributed by atoms with Crippen molar-refractivity contribution in [3.63, 3.8) is 0 Å². The van der Waals surface area contributed by atoms with Crippen molar-refractivity contribution in [2.24, 2.45) is 0 Å². The molecule has 0 fully saturated rings. The van der Waals surface area contributed by atoms with Crippen molar-refractivity contribution in [3.05, 3.63) is 39.8 Å². The lowest BCUT2D eigenvalue weighted by Gasteiger charge is -2.08. The fourth-order valence-corrected chi connectivity index (χ4v) is 3.31. The zero-order valence-electron chi connectivity index (χ0n) is 12.4. The van der Waals surface area contributed by atoms with Gasteiger partial charge in [0.15, 0.2) is 0 Å². The molecule has 0 aliphatic carbocycles. The number of nitrogens with zero attached hydrogens (tertiary/aromatic N) is 1. The standard InChI is InChI=1S/C16H20N2O2S/c1-3-4-16-18-11(10-21-16)8-19-12-5-6-13-14(17-2)9-20-15(13)7-12/h5-7,10,14,17H,3-4,8-9H2,1-2H3. The molecule has 2 aromatic rings. The third-order valence-corrected chi connectivity index (χ3v) is 4.52. The summed E-state index contributed by atoms with van der Waals surface area (Å²) in [4.78, 5) is 4.57. The number of thiazole rings is 1. The molecular formula is C16H20N2O2S. The van der Waals surface area contributed by atoms with Crippen molar-refractivity contribution in [3.8, 4) is 11.5 Å². The van der Waals surface area contributed by atoms with Gasteiger partial charge in [0.1, 0.15) is 24.7 Å². The Morgan fingerprint density at radius 2 is 2.38 bits per heavy atom. The van der Waals surface area contributed by atoms with Gasteiger partial charge in [-0.2, -0.15) is 0 Å². The van der Waals surface area contributed by atoms with Crippen LogP contribution in [0.15, 0.2) is 23.6 Å². The summed E-state index contributed by atoms with van der Waals surface area (Å²) in [5.41, 5.74) is 2.20. The van der Waals surface area contributed by atoms with Crippen molar-refractivity contribution in [2.75, 3.05) is 13.7 Å². The molecule has 1 aromatic heterocycles. The van der Waals surface area contributed by atoms with Crippen LogP contribution < -0.4 is 14.8 Å². The molecule has 0 saturated carbocycles. The van der Waals surface area contributed by atoms with Gasteiger partial charge >= 0.3 is 0 Å². The fraction of sp³-hybridized carbons (Fsp3) is 0.438. The topological polar surface area (TPSA) is 43.4 Å². The summed E-state index contributed by atoms with van der Waals surface area (Å²) in [5, 5.41) is 6.50. The first kappa shape index (κ1) is 14.4. The van der Waals surface area contributed by atoms with Gasteiger partial charge in [0.25, 0.3) is 0 Å². The van der Waals surface area contributed by atoms with Crippen molar-refractivity contribution >= 4 is 11.3 Å². The molecule has 1 unspecified atom stereocenters. The van der Waals surface area contributed by atoms with Crippen LogP contribution in [0.1, 0.15) is 35.7 Å². The molecule has 0 amide bonds. The van der Waals surface area contributed by atoms with Gasteiger partial charge in [-0.15, -0.1) is 11.3 Å². The average molecular weight is 304 g/mol. The molecular weight excluding hydrogens is 284 g/mol. The summed E-state index contributed by atoms with van der Waals surface area (Å²) in [6.07, 6.45) is 2.17. The fourth-order valence-electron chi connectivity index (χ4n) is 2.42. The molecule has 2 heterocycles. The van der Waals surface area contributed by atoms with E-state index in [9.17, 15) is 0 Å². The number of likely N-dealkylation sites (N-methyl/N-ethyl adjacent to an activating group) is 1. The van der Waals surface area contributed by atoms with Gasteiger partial charge in [-0.25, -0.2) is 4.98 Å². The largest absolute Gasteiger partial charge is 0.491 e.